The molecule has 7 nitrogen and oxygen atoms in total. The summed E-state index contributed by atoms with van der Waals surface area (Å²) in [7, 11) is 3.10. The van der Waals surface area contributed by atoms with Crippen LogP contribution in [0.15, 0.2) is 52.0 Å². The average molecular weight is 460 g/mol. The number of carbonyl (C=O) groups excluding carboxylic acids is 2. The van der Waals surface area contributed by atoms with Crippen molar-refractivity contribution in [2.75, 3.05) is 27.3 Å². The van der Waals surface area contributed by atoms with E-state index in [-0.39, 0.29) is 24.3 Å². The molecule has 0 aromatic heterocycles. The lowest BCUT2D eigenvalue weighted by atomic mass is 9.99. The number of carbonyl (C=O) groups is 2. The van der Waals surface area contributed by atoms with Gasteiger partial charge in [0, 0.05) is 18.9 Å². The minimum absolute atomic E-state index is 0.0187. The quantitative estimate of drug-likeness (QED) is 0.509. The fourth-order valence-corrected chi connectivity index (χ4v) is 3.89. The van der Waals surface area contributed by atoms with Crippen molar-refractivity contribution in [1.82, 2.24) is 10.3 Å². The molecule has 29 heavy (non-hydrogen) atoms. The number of benzene rings is 2. The van der Waals surface area contributed by atoms with Crippen LogP contribution in [0.1, 0.15) is 23.5 Å². The van der Waals surface area contributed by atoms with Crippen LogP contribution in [0, 0.1) is 0 Å². The molecule has 1 heterocycles. The number of hydrazone groups is 1. The summed E-state index contributed by atoms with van der Waals surface area (Å²) in [6.07, 6.45) is 1.92. The van der Waals surface area contributed by atoms with Gasteiger partial charge >= 0.3 is 0 Å². The zero-order chi connectivity index (χ0) is 20.8. The summed E-state index contributed by atoms with van der Waals surface area (Å²) in [5.74, 6) is 0.868. The summed E-state index contributed by atoms with van der Waals surface area (Å²) in [6.45, 7) is 0.512. The first-order valence-corrected chi connectivity index (χ1v) is 9.87. The number of nitrogens with one attached hydrogen (secondary N) is 1. The van der Waals surface area contributed by atoms with Gasteiger partial charge in [-0.2, -0.15) is 5.10 Å². The van der Waals surface area contributed by atoms with Crippen LogP contribution in [-0.4, -0.2) is 50.2 Å². The third-order valence-electron chi connectivity index (χ3n) is 4.68. The lowest BCUT2D eigenvalue weighted by Gasteiger charge is -2.15. The van der Waals surface area contributed by atoms with Gasteiger partial charge in [-0.05, 0) is 39.2 Å². The Bertz CT molecular complexity index is 918. The molecule has 8 heteroatoms. The highest BCUT2D eigenvalue weighted by atomic mass is 79.9. The Morgan fingerprint density at radius 3 is 2.72 bits per heavy atom. The summed E-state index contributed by atoms with van der Waals surface area (Å²) in [6, 6.07) is 13.4. The van der Waals surface area contributed by atoms with Crippen molar-refractivity contribution in [2.45, 2.75) is 12.3 Å². The van der Waals surface area contributed by atoms with E-state index in [4.69, 9.17) is 9.47 Å². The molecule has 1 unspecified atom stereocenters. The Morgan fingerprint density at radius 2 is 2.03 bits per heavy atom. The van der Waals surface area contributed by atoms with E-state index in [9.17, 15) is 9.59 Å². The normalized spacial score (nSPS) is 16.3. The first-order valence-electron chi connectivity index (χ1n) is 9.08. The number of hydrogen-bond donors (Lipinski definition) is 1. The Balaban J connectivity index is 1.56. The lowest BCUT2D eigenvalue weighted by Crippen LogP contribution is -2.36. The Labute approximate surface area is 177 Å². The van der Waals surface area contributed by atoms with E-state index in [1.54, 1.807) is 31.3 Å². The first kappa shape index (κ1) is 20.9. The molecule has 2 aromatic rings. The van der Waals surface area contributed by atoms with Crippen molar-refractivity contribution in [3.63, 3.8) is 0 Å². The topological polar surface area (TPSA) is 80.2 Å². The standard InChI is InChI=1S/C21H22BrN3O4/c1-28-18-9-14(8-17(22)21(18)29-2)11-23-24-19(26)13-25-12-16(10-20(25)27)15-6-4-3-5-7-15/h3-9,11,16H,10,12-13H2,1-2H3,(H,24,26). The maximum atomic E-state index is 12.2. The maximum absolute atomic E-state index is 12.2. The fourth-order valence-electron chi connectivity index (χ4n) is 3.27. The molecule has 1 N–H and O–H groups in total. The van der Waals surface area contributed by atoms with Gasteiger partial charge in [-0.15, -0.1) is 0 Å². The number of methoxy groups -OCH3 is 2. The molecule has 2 aromatic carbocycles. The zero-order valence-corrected chi connectivity index (χ0v) is 17.8. The number of hydrogen-bond acceptors (Lipinski definition) is 5. The van der Waals surface area contributed by atoms with Crippen LogP contribution < -0.4 is 14.9 Å². The highest BCUT2D eigenvalue weighted by Crippen LogP contribution is 2.35. The predicted molar refractivity (Wildman–Crippen MR) is 113 cm³/mol. The van der Waals surface area contributed by atoms with Crippen molar-refractivity contribution in [3.8, 4) is 11.5 Å². The van der Waals surface area contributed by atoms with Crippen molar-refractivity contribution < 1.29 is 19.1 Å². The molecule has 1 atom stereocenters. The molecular weight excluding hydrogens is 438 g/mol. The molecule has 0 saturated carbocycles. The van der Waals surface area contributed by atoms with Crippen LogP contribution in [0.3, 0.4) is 0 Å². The van der Waals surface area contributed by atoms with E-state index in [1.807, 2.05) is 30.3 Å². The van der Waals surface area contributed by atoms with Gasteiger partial charge < -0.3 is 14.4 Å². The highest BCUT2D eigenvalue weighted by molar-refractivity contribution is 9.10. The van der Waals surface area contributed by atoms with Crippen LogP contribution in [0.5, 0.6) is 11.5 Å². The molecule has 1 aliphatic heterocycles. The fraction of sp³-hybridized carbons (Fsp3) is 0.286. The van der Waals surface area contributed by atoms with Crippen molar-refractivity contribution >= 4 is 34.0 Å². The largest absolute Gasteiger partial charge is 0.493 e. The molecule has 0 bridgehead atoms. The van der Waals surface area contributed by atoms with Crippen molar-refractivity contribution in [2.24, 2.45) is 5.10 Å². The van der Waals surface area contributed by atoms with E-state index in [0.717, 1.165) is 11.1 Å². The minimum atomic E-state index is -0.345. The summed E-state index contributed by atoms with van der Waals surface area (Å²) < 4.78 is 11.3. The second-order valence-electron chi connectivity index (χ2n) is 6.62. The van der Waals surface area contributed by atoms with Crippen LogP contribution in [0.25, 0.3) is 0 Å². The molecule has 1 saturated heterocycles. The highest BCUT2D eigenvalue weighted by Gasteiger charge is 2.31. The number of halogens is 1. The summed E-state index contributed by atoms with van der Waals surface area (Å²) in [4.78, 5) is 26.0. The molecule has 3 rings (SSSR count). The number of amides is 2. The van der Waals surface area contributed by atoms with E-state index >= 15 is 0 Å². The molecule has 2 amide bonds. The summed E-state index contributed by atoms with van der Waals surface area (Å²) in [5.41, 5.74) is 4.30. The maximum Gasteiger partial charge on any atom is 0.259 e. The first-order chi connectivity index (χ1) is 14.0. The van der Waals surface area contributed by atoms with Crippen LogP contribution in [-0.2, 0) is 9.59 Å². The third kappa shape index (κ3) is 5.14. The van der Waals surface area contributed by atoms with Crippen LogP contribution >= 0.6 is 15.9 Å². The van der Waals surface area contributed by atoms with Crippen molar-refractivity contribution in [1.29, 1.82) is 0 Å². The SMILES string of the molecule is COc1cc(C=NNC(=O)CN2CC(c3ccccc3)CC2=O)cc(Br)c1OC. The second-order valence-corrected chi connectivity index (χ2v) is 7.47. The molecule has 1 fully saturated rings. The third-order valence-corrected chi connectivity index (χ3v) is 5.27. The molecule has 1 aliphatic rings. The zero-order valence-electron chi connectivity index (χ0n) is 16.2. The second kappa shape index (κ2) is 9.56. The van der Waals surface area contributed by atoms with E-state index in [0.29, 0.717) is 28.9 Å². The van der Waals surface area contributed by atoms with Gasteiger partial charge in [-0.3, -0.25) is 9.59 Å². The van der Waals surface area contributed by atoms with Gasteiger partial charge in [-0.25, -0.2) is 5.43 Å². The number of likely N-dealkylation sites (tertiary alicyclic amines) is 1. The lowest BCUT2D eigenvalue weighted by molar-refractivity contribution is -0.133. The van der Waals surface area contributed by atoms with Crippen molar-refractivity contribution in [3.05, 3.63) is 58.1 Å². The minimum Gasteiger partial charge on any atom is -0.493 e. The Kier molecular flexibility index (Phi) is 6.87. The van der Waals surface area contributed by atoms with E-state index in [1.165, 1.54) is 6.21 Å². The van der Waals surface area contributed by atoms with Gasteiger partial charge in [0.25, 0.3) is 5.91 Å². The monoisotopic (exact) mass is 459 g/mol. The van der Waals surface area contributed by atoms with E-state index < -0.39 is 0 Å². The molecular formula is C21H22BrN3O4. The summed E-state index contributed by atoms with van der Waals surface area (Å²) in [5, 5.41) is 3.98. The Hall–Kier alpha value is -2.87. The molecule has 0 aliphatic carbocycles. The number of nitrogens with zero attached hydrogens (tertiary/aromatic N) is 2. The van der Waals surface area contributed by atoms with Crippen LogP contribution in [0.4, 0.5) is 0 Å². The molecule has 0 radical (unpaired) electrons. The Morgan fingerprint density at radius 1 is 1.28 bits per heavy atom. The van der Waals surface area contributed by atoms with E-state index in [2.05, 4.69) is 26.5 Å². The number of rotatable bonds is 7. The molecule has 152 valence electrons. The number of ether oxygens (including phenoxy) is 2. The van der Waals surface area contributed by atoms with Gasteiger partial charge in [0.1, 0.15) is 6.54 Å². The van der Waals surface area contributed by atoms with Crippen LogP contribution in [0.2, 0.25) is 0 Å². The van der Waals surface area contributed by atoms with Gasteiger partial charge in [0.05, 0.1) is 24.9 Å². The average Bonchev–Trinajstić information content (AvgIpc) is 3.08. The summed E-state index contributed by atoms with van der Waals surface area (Å²) >= 11 is 3.41. The van der Waals surface area contributed by atoms with Gasteiger partial charge in [0.15, 0.2) is 11.5 Å². The van der Waals surface area contributed by atoms with Gasteiger partial charge in [-0.1, -0.05) is 30.3 Å². The molecule has 0 spiro atoms. The van der Waals surface area contributed by atoms with Gasteiger partial charge in [0.2, 0.25) is 5.91 Å². The predicted octanol–water partition coefficient (Wildman–Crippen LogP) is 2.93. The smallest absolute Gasteiger partial charge is 0.259 e.